The zero-order valence-corrected chi connectivity index (χ0v) is 15.0. The van der Waals surface area contributed by atoms with Gasteiger partial charge in [-0.3, -0.25) is 4.90 Å². The minimum atomic E-state index is -0.489. The summed E-state index contributed by atoms with van der Waals surface area (Å²) in [6.07, 6.45) is 0.00727. The number of phenols is 1. The van der Waals surface area contributed by atoms with Crippen LogP contribution in [0.2, 0.25) is 0 Å². The van der Waals surface area contributed by atoms with Gasteiger partial charge in [0.05, 0.1) is 12.1 Å². The minimum absolute atomic E-state index is 0.206. The van der Waals surface area contributed by atoms with Crippen molar-refractivity contribution in [2.45, 2.75) is 25.1 Å². The van der Waals surface area contributed by atoms with E-state index in [4.69, 9.17) is 14.0 Å². The molecule has 1 fully saturated rings. The average Bonchev–Trinajstić information content (AvgIpc) is 3.42. The van der Waals surface area contributed by atoms with Crippen LogP contribution in [-0.4, -0.2) is 44.7 Å². The molecule has 2 N–H and O–H groups in total. The van der Waals surface area contributed by atoms with E-state index in [1.165, 1.54) is 0 Å². The Labute approximate surface area is 160 Å². The molecule has 1 saturated heterocycles. The molecule has 2 atom stereocenters. The number of rotatable bonds is 4. The molecule has 144 valence electrons. The topological polar surface area (TPSA) is 101 Å². The van der Waals surface area contributed by atoms with Gasteiger partial charge in [-0.1, -0.05) is 23.4 Å². The maximum atomic E-state index is 10.2. The van der Waals surface area contributed by atoms with Crippen LogP contribution in [0.1, 0.15) is 23.9 Å². The summed E-state index contributed by atoms with van der Waals surface area (Å²) < 4.78 is 16.2. The molecule has 5 rings (SSSR count). The number of para-hydroxylation sites is 1. The molecule has 0 amide bonds. The SMILES string of the molecule is Oc1ccccc1CN1CC(O)CC1c1nc(-c2ccc3c(c2)OCO3)no1. The lowest BCUT2D eigenvalue weighted by Crippen LogP contribution is -2.24. The Morgan fingerprint density at radius 2 is 1.96 bits per heavy atom. The van der Waals surface area contributed by atoms with Crippen molar-refractivity contribution in [3.8, 4) is 28.6 Å². The molecule has 1 aromatic heterocycles. The number of aliphatic hydroxyl groups is 1. The first-order valence-electron chi connectivity index (χ1n) is 9.10. The Hall–Kier alpha value is -3.10. The van der Waals surface area contributed by atoms with Crippen molar-refractivity contribution in [3.05, 3.63) is 53.9 Å². The maximum absolute atomic E-state index is 10.2. The lowest BCUT2D eigenvalue weighted by Gasteiger charge is -2.21. The molecule has 8 nitrogen and oxygen atoms in total. The molecule has 2 aromatic carbocycles. The lowest BCUT2D eigenvalue weighted by molar-refractivity contribution is 0.168. The summed E-state index contributed by atoms with van der Waals surface area (Å²) in [7, 11) is 0. The molecular weight excluding hydrogens is 362 g/mol. The number of benzene rings is 2. The van der Waals surface area contributed by atoms with E-state index in [0.29, 0.717) is 42.7 Å². The number of hydrogen-bond acceptors (Lipinski definition) is 8. The van der Waals surface area contributed by atoms with Gasteiger partial charge in [-0.25, -0.2) is 0 Å². The third-order valence-electron chi connectivity index (χ3n) is 5.10. The predicted molar refractivity (Wildman–Crippen MR) is 97.7 cm³/mol. The van der Waals surface area contributed by atoms with Gasteiger partial charge in [-0.05, 0) is 30.7 Å². The molecule has 3 heterocycles. The molecule has 0 spiro atoms. The van der Waals surface area contributed by atoms with Gasteiger partial charge >= 0.3 is 0 Å². The van der Waals surface area contributed by atoms with Crippen LogP contribution >= 0.6 is 0 Å². The zero-order valence-electron chi connectivity index (χ0n) is 15.0. The van der Waals surface area contributed by atoms with E-state index in [-0.39, 0.29) is 18.6 Å². The molecule has 0 radical (unpaired) electrons. The second kappa shape index (κ2) is 6.81. The van der Waals surface area contributed by atoms with Gasteiger partial charge < -0.3 is 24.2 Å². The first-order chi connectivity index (χ1) is 13.7. The Balaban J connectivity index is 1.40. The molecule has 0 aliphatic carbocycles. The molecule has 2 unspecified atom stereocenters. The Morgan fingerprint density at radius 1 is 1.11 bits per heavy atom. The number of aliphatic hydroxyl groups excluding tert-OH is 1. The maximum Gasteiger partial charge on any atom is 0.244 e. The quantitative estimate of drug-likeness (QED) is 0.711. The summed E-state index contributed by atoms with van der Waals surface area (Å²) in [5.74, 6) is 2.48. The van der Waals surface area contributed by atoms with Crippen molar-refractivity contribution >= 4 is 0 Å². The fourth-order valence-corrected chi connectivity index (χ4v) is 3.70. The highest BCUT2D eigenvalue weighted by Crippen LogP contribution is 2.37. The third-order valence-corrected chi connectivity index (χ3v) is 5.10. The van der Waals surface area contributed by atoms with Gasteiger partial charge in [0.2, 0.25) is 18.5 Å². The smallest absolute Gasteiger partial charge is 0.244 e. The summed E-state index contributed by atoms with van der Waals surface area (Å²) in [5.41, 5.74) is 1.56. The third kappa shape index (κ3) is 3.06. The summed E-state index contributed by atoms with van der Waals surface area (Å²) in [5, 5.41) is 24.3. The van der Waals surface area contributed by atoms with Gasteiger partial charge in [-0.2, -0.15) is 4.98 Å². The van der Waals surface area contributed by atoms with Gasteiger partial charge in [0.1, 0.15) is 5.75 Å². The standard InChI is InChI=1S/C20H19N3O5/c24-14-8-15(23(10-14)9-13-3-1-2-4-16(13)25)20-21-19(22-28-20)12-5-6-17-18(7-12)27-11-26-17/h1-7,14-15,24-25H,8-11H2. The van der Waals surface area contributed by atoms with Crippen LogP contribution in [-0.2, 0) is 6.54 Å². The van der Waals surface area contributed by atoms with E-state index < -0.39 is 6.10 Å². The molecule has 0 saturated carbocycles. The van der Waals surface area contributed by atoms with Crippen molar-refractivity contribution < 1.29 is 24.2 Å². The normalized spacial score (nSPS) is 21.3. The second-order valence-electron chi connectivity index (χ2n) is 6.99. The monoisotopic (exact) mass is 381 g/mol. The number of phenolic OH excluding ortho intramolecular Hbond substituents is 1. The van der Waals surface area contributed by atoms with E-state index >= 15 is 0 Å². The Kier molecular flexibility index (Phi) is 4.14. The van der Waals surface area contributed by atoms with Crippen molar-refractivity contribution in [2.75, 3.05) is 13.3 Å². The van der Waals surface area contributed by atoms with E-state index in [1.807, 2.05) is 35.2 Å². The van der Waals surface area contributed by atoms with Gasteiger partial charge in [0.25, 0.3) is 0 Å². The van der Waals surface area contributed by atoms with Crippen LogP contribution in [0.3, 0.4) is 0 Å². The Morgan fingerprint density at radius 3 is 2.86 bits per heavy atom. The highest BCUT2D eigenvalue weighted by atomic mass is 16.7. The van der Waals surface area contributed by atoms with Crippen LogP contribution in [0.4, 0.5) is 0 Å². The van der Waals surface area contributed by atoms with Crippen LogP contribution in [0, 0.1) is 0 Å². The number of likely N-dealkylation sites (tertiary alicyclic amines) is 1. The first kappa shape index (κ1) is 17.0. The van der Waals surface area contributed by atoms with Crippen LogP contribution < -0.4 is 9.47 Å². The highest BCUT2D eigenvalue weighted by Gasteiger charge is 2.36. The fraction of sp³-hybridized carbons (Fsp3) is 0.300. The van der Waals surface area contributed by atoms with Crippen LogP contribution in [0.5, 0.6) is 17.2 Å². The lowest BCUT2D eigenvalue weighted by atomic mass is 10.1. The van der Waals surface area contributed by atoms with E-state index in [1.54, 1.807) is 12.1 Å². The molecule has 0 bridgehead atoms. The summed E-state index contributed by atoms with van der Waals surface area (Å²) in [6.45, 7) is 1.16. The van der Waals surface area contributed by atoms with Gasteiger partial charge in [0, 0.05) is 24.2 Å². The van der Waals surface area contributed by atoms with Crippen molar-refractivity contribution in [3.63, 3.8) is 0 Å². The number of β-amino-alcohol motifs (C(OH)–C–C–N with tert-alkyl or cyclic N) is 1. The number of ether oxygens (including phenoxy) is 2. The predicted octanol–water partition coefficient (Wildman–Crippen LogP) is 2.48. The van der Waals surface area contributed by atoms with Crippen molar-refractivity contribution in [1.82, 2.24) is 15.0 Å². The van der Waals surface area contributed by atoms with Crippen molar-refractivity contribution in [2.24, 2.45) is 0 Å². The number of aromatic hydroxyl groups is 1. The van der Waals surface area contributed by atoms with Gasteiger partial charge in [0.15, 0.2) is 11.5 Å². The fourth-order valence-electron chi connectivity index (χ4n) is 3.70. The van der Waals surface area contributed by atoms with Crippen LogP contribution in [0.25, 0.3) is 11.4 Å². The summed E-state index contributed by atoms with van der Waals surface area (Å²) in [6, 6.07) is 12.4. The second-order valence-corrected chi connectivity index (χ2v) is 6.99. The van der Waals surface area contributed by atoms with E-state index in [9.17, 15) is 10.2 Å². The molecular formula is C20H19N3O5. The highest BCUT2D eigenvalue weighted by molar-refractivity contribution is 5.61. The summed E-state index contributed by atoms with van der Waals surface area (Å²) in [4.78, 5) is 6.59. The first-order valence-corrected chi connectivity index (χ1v) is 9.10. The minimum Gasteiger partial charge on any atom is -0.508 e. The Bertz CT molecular complexity index is 1010. The molecule has 3 aromatic rings. The number of nitrogens with zero attached hydrogens (tertiary/aromatic N) is 3. The molecule has 8 heteroatoms. The average molecular weight is 381 g/mol. The molecule has 2 aliphatic heterocycles. The largest absolute Gasteiger partial charge is 0.508 e. The van der Waals surface area contributed by atoms with Crippen LogP contribution in [0.15, 0.2) is 47.0 Å². The van der Waals surface area contributed by atoms with Gasteiger partial charge in [-0.15, -0.1) is 0 Å². The molecule has 28 heavy (non-hydrogen) atoms. The summed E-state index contributed by atoms with van der Waals surface area (Å²) >= 11 is 0. The zero-order chi connectivity index (χ0) is 19.1. The van der Waals surface area contributed by atoms with Crippen molar-refractivity contribution in [1.29, 1.82) is 0 Å². The number of fused-ring (bicyclic) bond motifs is 1. The van der Waals surface area contributed by atoms with E-state index in [2.05, 4.69) is 10.1 Å². The van der Waals surface area contributed by atoms with E-state index in [0.717, 1.165) is 11.1 Å². The molecule has 2 aliphatic rings. The number of hydrogen-bond donors (Lipinski definition) is 2. The number of aromatic nitrogens is 2.